The number of amides is 2. The maximum Gasteiger partial charge on any atom is 0.324 e. The highest BCUT2D eigenvalue weighted by Gasteiger charge is 2.54. The summed E-state index contributed by atoms with van der Waals surface area (Å²) >= 11 is 0. The lowest BCUT2D eigenvalue weighted by Gasteiger charge is -2.61. The lowest BCUT2D eigenvalue weighted by atomic mass is 9.73. The number of rotatable bonds is 2. The predicted octanol–water partition coefficient (Wildman–Crippen LogP) is 3.81. The average Bonchev–Trinajstić information content (AvgIpc) is 2.68. The van der Waals surface area contributed by atoms with E-state index < -0.39 is 0 Å². The fourth-order valence-corrected chi connectivity index (χ4v) is 5.01. The van der Waals surface area contributed by atoms with E-state index >= 15 is 0 Å². The van der Waals surface area contributed by atoms with E-state index in [4.69, 9.17) is 4.74 Å². The summed E-state index contributed by atoms with van der Waals surface area (Å²) in [5, 5.41) is 0. The molecule has 7 heteroatoms. The summed E-state index contributed by atoms with van der Waals surface area (Å²) in [6.07, 6.45) is 13.1. The molecular formula is C23H29FN4O2. The van der Waals surface area contributed by atoms with Crippen LogP contribution in [0.2, 0.25) is 0 Å². The molecule has 0 saturated carbocycles. The monoisotopic (exact) mass is 412 g/mol. The lowest BCUT2D eigenvalue weighted by molar-refractivity contribution is -0.0841. The van der Waals surface area contributed by atoms with Crippen molar-refractivity contribution in [2.75, 3.05) is 39.3 Å². The van der Waals surface area contributed by atoms with Gasteiger partial charge in [-0.05, 0) is 30.9 Å². The van der Waals surface area contributed by atoms with E-state index in [1.165, 1.54) is 0 Å². The Balaban J connectivity index is 1.19. The van der Waals surface area contributed by atoms with Crippen molar-refractivity contribution in [3.8, 4) is 0 Å². The van der Waals surface area contributed by atoms with Gasteiger partial charge in [0.1, 0.15) is 18.2 Å². The normalized spacial score (nSPS) is 27.4. The molecule has 30 heavy (non-hydrogen) atoms. The van der Waals surface area contributed by atoms with Gasteiger partial charge >= 0.3 is 6.03 Å². The van der Waals surface area contributed by atoms with Crippen molar-refractivity contribution in [2.45, 2.75) is 32.6 Å². The third-order valence-electron chi connectivity index (χ3n) is 6.73. The van der Waals surface area contributed by atoms with Gasteiger partial charge in [0.15, 0.2) is 5.97 Å². The Labute approximate surface area is 177 Å². The standard InChI is InChI=1S/C23H29FN4O2/c1-2-17-8-9-18-19(12-17)30-11-10-28(18)22(29)27-15-23(16-27)13-26(14-23)21-7-5-3-4-6-20(24)25-21/h3,5,7-9,17H,2,4,6,10-16H2,1H3/t17-/m0/s1. The smallest absolute Gasteiger partial charge is 0.324 e. The van der Waals surface area contributed by atoms with Crippen LogP contribution in [0.4, 0.5) is 9.18 Å². The lowest BCUT2D eigenvalue weighted by Crippen LogP contribution is -2.73. The van der Waals surface area contributed by atoms with Crippen LogP contribution in [-0.4, -0.2) is 66.0 Å². The van der Waals surface area contributed by atoms with Gasteiger partial charge in [0.2, 0.25) is 0 Å². The zero-order valence-corrected chi connectivity index (χ0v) is 17.5. The molecule has 4 heterocycles. The summed E-state index contributed by atoms with van der Waals surface area (Å²) in [4.78, 5) is 23.2. The molecule has 2 fully saturated rings. The summed E-state index contributed by atoms with van der Waals surface area (Å²) in [5.41, 5.74) is 1.05. The summed E-state index contributed by atoms with van der Waals surface area (Å²) in [6.45, 7) is 6.48. The van der Waals surface area contributed by atoms with Gasteiger partial charge in [-0.25, -0.2) is 9.79 Å². The second-order valence-corrected chi connectivity index (χ2v) is 9.01. The number of carbonyl (C=O) groups excluding carboxylic acids is 1. The van der Waals surface area contributed by atoms with Crippen molar-refractivity contribution in [3.63, 3.8) is 0 Å². The molecule has 4 aliphatic heterocycles. The van der Waals surface area contributed by atoms with Gasteiger partial charge in [-0.1, -0.05) is 25.2 Å². The summed E-state index contributed by atoms with van der Waals surface area (Å²) in [5.74, 6) is 1.84. The fraction of sp³-hybridized carbons (Fsp3) is 0.565. The number of allylic oxidation sites excluding steroid dienone is 6. The summed E-state index contributed by atoms with van der Waals surface area (Å²) < 4.78 is 19.7. The van der Waals surface area contributed by atoms with Crippen LogP contribution in [0.1, 0.15) is 32.6 Å². The molecule has 1 spiro atoms. The Morgan fingerprint density at radius 1 is 1.33 bits per heavy atom. The minimum Gasteiger partial charge on any atom is -0.494 e. The predicted molar refractivity (Wildman–Crippen MR) is 113 cm³/mol. The summed E-state index contributed by atoms with van der Waals surface area (Å²) in [6, 6.07) is 0.0756. The van der Waals surface area contributed by atoms with Crippen LogP contribution in [0, 0.1) is 11.3 Å². The number of likely N-dealkylation sites (tertiary alicyclic amines) is 2. The molecule has 6 nitrogen and oxygen atoms in total. The van der Waals surface area contributed by atoms with Gasteiger partial charge in [0, 0.05) is 44.4 Å². The number of urea groups is 1. The molecule has 0 aromatic heterocycles. The second kappa shape index (κ2) is 7.60. The molecular weight excluding hydrogens is 383 g/mol. The van der Waals surface area contributed by atoms with Crippen LogP contribution >= 0.6 is 0 Å². The van der Waals surface area contributed by atoms with E-state index in [9.17, 15) is 9.18 Å². The minimum absolute atomic E-state index is 0.0756. The minimum atomic E-state index is -0.306. The van der Waals surface area contributed by atoms with E-state index in [2.05, 4.69) is 29.0 Å². The molecule has 0 aromatic carbocycles. The van der Waals surface area contributed by atoms with Crippen molar-refractivity contribution in [1.29, 1.82) is 0 Å². The van der Waals surface area contributed by atoms with Crippen molar-refractivity contribution in [1.82, 2.24) is 14.7 Å². The van der Waals surface area contributed by atoms with Gasteiger partial charge in [0.25, 0.3) is 0 Å². The highest BCUT2D eigenvalue weighted by atomic mass is 19.1. The first-order chi connectivity index (χ1) is 14.6. The van der Waals surface area contributed by atoms with Gasteiger partial charge in [0.05, 0.1) is 12.2 Å². The van der Waals surface area contributed by atoms with Crippen molar-refractivity contribution in [3.05, 3.63) is 47.7 Å². The molecule has 160 valence electrons. The first kappa shape index (κ1) is 19.4. The van der Waals surface area contributed by atoms with E-state index in [0.717, 1.165) is 50.5 Å². The van der Waals surface area contributed by atoms with Crippen LogP contribution in [0.25, 0.3) is 0 Å². The van der Waals surface area contributed by atoms with Gasteiger partial charge in [-0.15, -0.1) is 0 Å². The highest BCUT2D eigenvalue weighted by molar-refractivity contribution is 5.79. The third-order valence-corrected chi connectivity index (χ3v) is 6.73. The fourth-order valence-electron chi connectivity index (χ4n) is 5.01. The molecule has 1 atom stereocenters. The van der Waals surface area contributed by atoms with E-state index in [1.807, 2.05) is 28.0 Å². The van der Waals surface area contributed by atoms with Gasteiger partial charge in [-0.2, -0.15) is 4.39 Å². The average molecular weight is 413 g/mol. The number of halogens is 1. The topological polar surface area (TPSA) is 48.4 Å². The largest absolute Gasteiger partial charge is 0.494 e. The van der Waals surface area contributed by atoms with E-state index in [1.54, 1.807) is 0 Å². The van der Waals surface area contributed by atoms with Crippen molar-refractivity contribution < 1.29 is 13.9 Å². The van der Waals surface area contributed by atoms with Crippen LogP contribution in [0.5, 0.6) is 0 Å². The van der Waals surface area contributed by atoms with E-state index in [0.29, 0.717) is 37.7 Å². The molecule has 1 aliphatic carbocycles. The molecule has 0 N–H and O–H groups in total. The first-order valence-corrected chi connectivity index (χ1v) is 11.0. The number of hydrogen-bond acceptors (Lipinski definition) is 4. The molecule has 5 aliphatic rings. The molecule has 0 radical (unpaired) electrons. The zero-order valence-electron chi connectivity index (χ0n) is 17.5. The van der Waals surface area contributed by atoms with Crippen LogP contribution in [0.15, 0.2) is 52.6 Å². The number of ether oxygens (including phenoxy) is 1. The quantitative estimate of drug-likeness (QED) is 0.693. The Kier molecular flexibility index (Phi) is 4.91. The molecule has 2 amide bonds. The summed E-state index contributed by atoms with van der Waals surface area (Å²) in [7, 11) is 0. The maximum atomic E-state index is 13.8. The number of aliphatic imine (C=N–C) groups is 1. The molecule has 0 unspecified atom stereocenters. The SMILES string of the molecule is CC[C@H]1C=CC2=C(C1)OCCN2C(=O)N1CC2(C1)CN(C1=CC=CCCC(F)=N1)C2. The van der Waals surface area contributed by atoms with E-state index in [-0.39, 0.29) is 17.4 Å². The maximum absolute atomic E-state index is 13.8. The third kappa shape index (κ3) is 3.44. The Bertz CT molecular complexity index is 874. The van der Waals surface area contributed by atoms with Crippen LogP contribution in [-0.2, 0) is 4.74 Å². The second-order valence-electron chi connectivity index (χ2n) is 9.01. The Morgan fingerprint density at radius 2 is 2.17 bits per heavy atom. The number of nitrogens with zero attached hydrogens (tertiary/aromatic N) is 4. The van der Waals surface area contributed by atoms with Gasteiger partial charge in [-0.3, -0.25) is 4.90 Å². The molecule has 5 rings (SSSR count). The molecule has 2 saturated heterocycles. The van der Waals surface area contributed by atoms with Gasteiger partial charge < -0.3 is 14.5 Å². The Morgan fingerprint density at radius 3 is 2.97 bits per heavy atom. The number of carbonyl (C=O) groups is 1. The molecule has 0 aromatic rings. The highest BCUT2D eigenvalue weighted by Crippen LogP contribution is 2.43. The first-order valence-electron chi connectivity index (χ1n) is 11.0. The van der Waals surface area contributed by atoms with Crippen molar-refractivity contribution >= 4 is 12.0 Å². The Hall–Kier alpha value is -2.57. The van der Waals surface area contributed by atoms with Crippen molar-refractivity contribution in [2.24, 2.45) is 16.3 Å². The van der Waals surface area contributed by atoms with Crippen LogP contribution < -0.4 is 0 Å². The van der Waals surface area contributed by atoms with Crippen LogP contribution in [0.3, 0.4) is 0 Å². The zero-order chi connectivity index (χ0) is 20.7. The molecule has 0 bridgehead atoms. The number of hydrogen-bond donors (Lipinski definition) is 0.